The van der Waals surface area contributed by atoms with Crippen LogP contribution in [-0.4, -0.2) is 35.6 Å². The van der Waals surface area contributed by atoms with Crippen LogP contribution in [0.2, 0.25) is 0 Å². The molecule has 5 heteroatoms. The number of aliphatic hydroxyl groups is 1. The van der Waals surface area contributed by atoms with Gasteiger partial charge in [0.15, 0.2) is 0 Å². The zero-order valence-corrected chi connectivity index (χ0v) is 8.01. The molecule has 1 saturated heterocycles. The third-order valence-corrected chi connectivity index (χ3v) is 2.42. The largest absolute Gasteiger partial charge is 0.389 e. The first-order valence-corrected chi connectivity index (χ1v) is 4.69. The van der Waals surface area contributed by atoms with E-state index in [2.05, 4.69) is 10.5 Å². The second kappa shape index (κ2) is 4.08. The standard InChI is InChI=1S/C9H14N2O3/c1-6(7-2-3-14-11-7)10-8-4-13-5-9(8)12/h2-3,6,8-10,12H,4-5H2,1H3. The van der Waals surface area contributed by atoms with Gasteiger partial charge in [-0.1, -0.05) is 5.16 Å². The van der Waals surface area contributed by atoms with Crippen LogP contribution in [0, 0.1) is 0 Å². The van der Waals surface area contributed by atoms with Crippen molar-refractivity contribution in [3.63, 3.8) is 0 Å². The number of hydrogen-bond donors (Lipinski definition) is 2. The van der Waals surface area contributed by atoms with Crippen molar-refractivity contribution in [1.82, 2.24) is 10.5 Å². The Bertz CT molecular complexity index is 276. The SMILES string of the molecule is CC(NC1COCC1O)c1ccon1. The van der Waals surface area contributed by atoms with E-state index in [1.54, 1.807) is 6.07 Å². The summed E-state index contributed by atoms with van der Waals surface area (Å²) in [6.45, 7) is 2.93. The zero-order chi connectivity index (χ0) is 9.97. The molecule has 2 N–H and O–H groups in total. The van der Waals surface area contributed by atoms with Gasteiger partial charge in [0.25, 0.3) is 0 Å². The number of aliphatic hydroxyl groups excluding tert-OH is 1. The average molecular weight is 198 g/mol. The first-order chi connectivity index (χ1) is 6.77. The van der Waals surface area contributed by atoms with Crippen molar-refractivity contribution in [2.24, 2.45) is 0 Å². The van der Waals surface area contributed by atoms with E-state index < -0.39 is 6.10 Å². The van der Waals surface area contributed by atoms with Gasteiger partial charge in [-0.05, 0) is 6.92 Å². The van der Waals surface area contributed by atoms with E-state index in [0.717, 1.165) is 5.69 Å². The fourth-order valence-corrected chi connectivity index (χ4v) is 1.55. The molecule has 1 aromatic rings. The molecule has 0 aromatic carbocycles. The Morgan fingerprint density at radius 2 is 2.50 bits per heavy atom. The Balaban J connectivity index is 1.91. The molecular weight excluding hydrogens is 184 g/mol. The number of nitrogens with zero attached hydrogens (tertiary/aromatic N) is 1. The van der Waals surface area contributed by atoms with E-state index in [9.17, 15) is 5.11 Å². The molecule has 0 bridgehead atoms. The van der Waals surface area contributed by atoms with Crippen LogP contribution in [-0.2, 0) is 4.74 Å². The number of aromatic nitrogens is 1. The van der Waals surface area contributed by atoms with E-state index >= 15 is 0 Å². The van der Waals surface area contributed by atoms with Crippen LogP contribution < -0.4 is 5.32 Å². The summed E-state index contributed by atoms with van der Waals surface area (Å²) in [5.41, 5.74) is 0.837. The first kappa shape index (κ1) is 9.64. The van der Waals surface area contributed by atoms with E-state index in [4.69, 9.17) is 9.26 Å². The Kier molecular flexibility index (Phi) is 2.81. The summed E-state index contributed by atoms with van der Waals surface area (Å²) in [7, 11) is 0. The molecule has 2 heterocycles. The van der Waals surface area contributed by atoms with Gasteiger partial charge in [-0.25, -0.2) is 0 Å². The summed E-state index contributed by atoms with van der Waals surface area (Å²) in [6, 6.07) is 1.86. The van der Waals surface area contributed by atoms with Gasteiger partial charge < -0.3 is 19.7 Å². The lowest BCUT2D eigenvalue weighted by atomic mass is 10.1. The molecule has 3 atom stereocenters. The maximum atomic E-state index is 9.50. The summed E-state index contributed by atoms with van der Waals surface area (Å²) >= 11 is 0. The van der Waals surface area contributed by atoms with E-state index in [-0.39, 0.29) is 12.1 Å². The number of hydrogen-bond acceptors (Lipinski definition) is 5. The molecule has 1 aliphatic rings. The third kappa shape index (κ3) is 1.95. The summed E-state index contributed by atoms with van der Waals surface area (Å²) in [6.07, 6.45) is 1.11. The lowest BCUT2D eigenvalue weighted by Gasteiger charge is -2.18. The highest BCUT2D eigenvalue weighted by atomic mass is 16.5. The van der Waals surface area contributed by atoms with Crippen LogP contribution in [0.5, 0.6) is 0 Å². The van der Waals surface area contributed by atoms with Gasteiger partial charge in [0.1, 0.15) is 12.0 Å². The van der Waals surface area contributed by atoms with Crippen molar-refractivity contribution in [2.45, 2.75) is 25.1 Å². The van der Waals surface area contributed by atoms with Crippen molar-refractivity contribution >= 4 is 0 Å². The van der Waals surface area contributed by atoms with Gasteiger partial charge >= 0.3 is 0 Å². The minimum Gasteiger partial charge on any atom is -0.389 e. The number of nitrogens with one attached hydrogen (secondary N) is 1. The summed E-state index contributed by atoms with van der Waals surface area (Å²) < 4.78 is 9.87. The topological polar surface area (TPSA) is 67.5 Å². The van der Waals surface area contributed by atoms with E-state index in [0.29, 0.717) is 13.2 Å². The van der Waals surface area contributed by atoms with Crippen molar-refractivity contribution in [1.29, 1.82) is 0 Å². The summed E-state index contributed by atoms with van der Waals surface area (Å²) in [4.78, 5) is 0. The summed E-state index contributed by atoms with van der Waals surface area (Å²) in [5, 5.41) is 16.6. The Labute approximate surface area is 82.0 Å². The highest BCUT2D eigenvalue weighted by Gasteiger charge is 2.27. The zero-order valence-electron chi connectivity index (χ0n) is 8.01. The highest BCUT2D eigenvalue weighted by Crippen LogP contribution is 2.13. The Morgan fingerprint density at radius 3 is 3.07 bits per heavy atom. The lowest BCUT2D eigenvalue weighted by molar-refractivity contribution is 0.121. The number of rotatable bonds is 3. The van der Waals surface area contributed by atoms with Gasteiger partial charge in [-0.15, -0.1) is 0 Å². The maximum Gasteiger partial charge on any atom is 0.124 e. The maximum absolute atomic E-state index is 9.50. The van der Waals surface area contributed by atoms with Gasteiger partial charge in [0, 0.05) is 6.07 Å². The normalized spacial score (nSPS) is 29.3. The van der Waals surface area contributed by atoms with Crippen LogP contribution >= 0.6 is 0 Å². The smallest absolute Gasteiger partial charge is 0.124 e. The van der Waals surface area contributed by atoms with Crippen LogP contribution in [0.1, 0.15) is 18.7 Å². The fourth-order valence-electron chi connectivity index (χ4n) is 1.55. The minimum absolute atomic E-state index is 0.0123. The quantitative estimate of drug-likeness (QED) is 0.720. The van der Waals surface area contributed by atoms with E-state index in [1.165, 1.54) is 6.26 Å². The highest BCUT2D eigenvalue weighted by molar-refractivity contribution is 5.02. The molecule has 1 fully saturated rings. The molecule has 78 valence electrons. The predicted molar refractivity (Wildman–Crippen MR) is 48.7 cm³/mol. The van der Waals surface area contributed by atoms with Crippen molar-refractivity contribution in [3.8, 4) is 0 Å². The summed E-state index contributed by atoms with van der Waals surface area (Å²) in [5.74, 6) is 0. The molecular formula is C9H14N2O3. The van der Waals surface area contributed by atoms with Gasteiger partial charge in [0.05, 0.1) is 31.4 Å². The molecule has 0 radical (unpaired) electrons. The molecule has 0 aliphatic carbocycles. The molecule has 2 rings (SSSR count). The Hall–Kier alpha value is -0.910. The first-order valence-electron chi connectivity index (χ1n) is 4.69. The predicted octanol–water partition coefficient (Wildman–Crippen LogP) is 0.0849. The van der Waals surface area contributed by atoms with Crippen molar-refractivity contribution in [3.05, 3.63) is 18.0 Å². The lowest BCUT2D eigenvalue weighted by Crippen LogP contribution is -2.40. The van der Waals surface area contributed by atoms with Crippen LogP contribution in [0.4, 0.5) is 0 Å². The van der Waals surface area contributed by atoms with Gasteiger partial charge in [-0.2, -0.15) is 0 Å². The fraction of sp³-hybridized carbons (Fsp3) is 0.667. The third-order valence-electron chi connectivity index (χ3n) is 2.42. The van der Waals surface area contributed by atoms with E-state index in [1.807, 2.05) is 6.92 Å². The van der Waals surface area contributed by atoms with Crippen molar-refractivity contribution < 1.29 is 14.4 Å². The molecule has 0 saturated carbocycles. The van der Waals surface area contributed by atoms with Gasteiger partial charge in [-0.3, -0.25) is 0 Å². The van der Waals surface area contributed by atoms with Crippen molar-refractivity contribution in [2.75, 3.05) is 13.2 Å². The Morgan fingerprint density at radius 1 is 1.64 bits per heavy atom. The molecule has 1 aromatic heterocycles. The monoisotopic (exact) mass is 198 g/mol. The van der Waals surface area contributed by atoms with Crippen LogP contribution in [0.25, 0.3) is 0 Å². The van der Waals surface area contributed by atoms with Crippen LogP contribution in [0.15, 0.2) is 16.9 Å². The molecule has 14 heavy (non-hydrogen) atoms. The number of ether oxygens (including phenoxy) is 1. The molecule has 5 nitrogen and oxygen atoms in total. The minimum atomic E-state index is -0.427. The van der Waals surface area contributed by atoms with Crippen LogP contribution in [0.3, 0.4) is 0 Å². The molecule has 0 amide bonds. The van der Waals surface area contributed by atoms with Gasteiger partial charge in [0.2, 0.25) is 0 Å². The second-order valence-corrected chi connectivity index (χ2v) is 3.52. The second-order valence-electron chi connectivity index (χ2n) is 3.52. The molecule has 3 unspecified atom stereocenters. The molecule has 1 aliphatic heterocycles. The average Bonchev–Trinajstić information content (AvgIpc) is 2.77. The molecule has 0 spiro atoms.